The number of thioether (sulfide) groups is 1. The smallest absolute Gasteiger partial charge is 0.143 e. The van der Waals surface area contributed by atoms with E-state index in [-0.39, 0.29) is 0 Å². The number of benzene rings is 2. The Morgan fingerprint density at radius 1 is 0.944 bits per heavy atom. The Kier molecular flexibility index (Phi) is 4.79. The minimum atomic E-state index is 0.791. The summed E-state index contributed by atoms with van der Waals surface area (Å²) < 4.78 is 0. The molecular weight excluding hydrogens is 240 g/mol. The molecule has 0 heterocycles. The van der Waals surface area contributed by atoms with Crippen molar-refractivity contribution in [3.05, 3.63) is 77.2 Å². The molecule has 0 saturated heterocycles. The van der Waals surface area contributed by atoms with E-state index in [0.717, 1.165) is 22.5 Å². The Bertz CT molecular complexity index is 474. The molecule has 0 saturated carbocycles. The van der Waals surface area contributed by atoms with Gasteiger partial charge in [-0.15, -0.1) is 0 Å². The van der Waals surface area contributed by atoms with Gasteiger partial charge in [0.2, 0.25) is 0 Å². The zero-order valence-electron chi connectivity index (χ0n) is 9.95. The molecule has 90 valence electrons. The molecule has 0 amide bonds. The SMILES string of the molecule is O=C/C=C(/Cc1ccccc1)Sc1ccccc1. The van der Waals surface area contributed by atoms with Gasteiger partial charge in [-0.25, -0.2) is 0 Å². The number of allylic oxidation sites excluding steroid dienone is 2. The molecule has 0 N–H and O–H groups in total. The zero-order valence-corrected chi connectivity index (χ0v) is 10.8. The van der Waals surface area contributed by atoms with E-state index >= 15 is 0 Å². The Hall–Kier alpha value is -1.80. The molecule has 2 aromatic rings. The van der Waals surface area contributed by atoms with Crippen LogP contribution in [0.3, 0.4) is 0 Å². The summed E-state index contributed by atoms with van der Waals surface area (Å²) >= 11 is 1.64. The molecule has 0 bridgehead atoms. The zero-order chi connectivity index (χ0) is 12.6. The van der Waals surface area contributed by atoms with Crippen LogP contribution in [0, 0.1) is 0 Å². The van der Waals surface area contributed by atoms with Crippen molar-refractivity contribution in [3.63, 3.8) is 0 Å². The molecule has 0 aliphatic carbocycles. The van der Waals surface area contributed by atoms with Crippen molar-refractivity contribution < 1.29 is 4.79 Å². The van der Waals surface area contributed by atoms with Crippen LogP contribution in [0.25, 0.3) is 0 Å². The van der Waals surface area contributed by atoms with Gasteiger partial charge >= 0.3 is 0 Å². The van der Waals surface area contributed by atoms with Crippen LogP contribution in [0.15, 0.2) is 76.5 Å². The molecule has 0 atom stereocenters. The van der Waals surface area contributed by atoms with Crippen LogP contribution in [0.4, 0.5) is 0 Å². The molecule has 0 unspecified atom stereocenters. The molecule has 2 aromatic carbocycles. The van der Waals surface area contributed by atoms with Gasteiger partial charge in [-0.1, -0.05) is 60.3 Å². The number of aldehydes is 1. The van der Waals surface area contributed by atoms with Crippen LogP contribution in [0.5, 0.6) is 0 Å². The monoisotopic (exact) mass is 254 g/mol. The average Bonchev–Trinajstić information content (AvgIpc) is 2.41. The minimum absolute atomic E-state index is 0.791. The molecule has 0 aromatic heterocycles. The second kappa shape index (κ2) is 6.82. The lowest BCUT2D eigenvalue weighted by Crippen LogP contribution is -1.87. The highest BCUT2D eigenvalue weighted by molar-refractivity contribution is 8.03. The van der Waals surface area contributed by atoms with Crippen molar-refractivity contribution in [1.29, 1.82) is 0 Å². The molecule has 0 aliphatic rings. The maximum Gasteiger partial charge on any atom is 0.143 e. The molecule has 0 fully saturated rings. The first-order chi connectivity index (χ1) is 8.88. The fourth-order valence-corrected chi connectivity index (χ4v) is 2.60. The van der Waals surface area contributed by atoms with E-state index in [4.69, 9.17) is 0 Å². The minimum Gasteiger partial charge on any atom is -0.299 e. The first-order valence-electron chi connectivity index (χ1n) is 5.79. The molecular formula is C16H14OS. The largest absolute Gasteiger partial charge is 0.299 e. The van der Waals surface area contributed by atoms with Gasteiger partial charge in [0.05, 0.1) is 0 Å². The fourth-order valence-electron chi connectivity index (χ4n) is 1.64. The van der Waals surface area contributed by atoms with Crippen molar-refractivity contribution in [2.75, 3.05) is 0 Å². The number of rotatable bonds is 5. The van der Waals surface area contributed by atoms with Crippen LogP contribution in [-0.2, 0) is 11.2 Å². The van der Waals surface area contributed by atoms with E-state index in [1.165, 1.54) is 5.56 Å². The Morgan fingerprint density at radius 3 is 2.17 bits per heavy atom. The Labute approximate surface area is 112 Å². The predicted octanol–water partition coefficient (Wildman–Crippen LogP) is 4.10. The Morgan fingerprint density at radius 2 is 1.56 bits per heavy atom. The lowest BCUT2D eigenvalue weighted by molar-refractivity contribution is -0.104. The quantitative estimate of drug-likeness (QED) is 0.454. The first-order valence-corrected chi connectivity index (χ1v) is 6.61. The summed E-state index contributed by atoms with van der Waals surface area (Å²) in [4.78, 5) is 12.9. The van der Waals surface area contributed by atoms with Gasteiger partial charge in [0, 0.05) is 11.3 Å². The molecule has 1 nitrogen and oxygen atoms in total. The molecule has 2 rings (SSSR count). The molecule has 0 radical (unpaired) electrons. The average molecular weight is 254 g/mol. The Balaban J connectivity index is 2.10. The summed E-state index contributed by atoms with van der Waals surface area (Å²) in [6.45, 7) is 0. The lowest BCUT2D eigenvalue weighted by atomic mass is 10.1. The van der Waals surface area contributed by atoms with Gasteiger partial charge in [0.1, 0.15) is 6.29 Å². The van der Waals surface area contributed by atoms with Crippen LogP contribution in [0.1, 0.15) is 5.56 Å². The number of carbonyl (C=O) groups excluding carboxylic acids is 1. The van der Waals surface area contributed by atoms with Crippen molar-refractivity contribution in [3.8, 4) is 0 Å². The fraction of sp³-hybridized carbons (Fsp3) is 0.0625. The van der Waals surface area contributed by atoms with Gasteiger partial charge < -0.3 is 0 Å². The topological polar surface area (TPSA) is 17.1 Å². The van der Waals surface area contributed by atoms with Gasteiger partial charge in [0.25, 0.3) is 0 Å². The highest BCUT2D eigenvalue weighted by atomic mass is 32.2. The van der Waals surface area contributed by atoms with Crippen LogP contribution < -0.4 is 0 Å². The third kappa shape index (κ3) is 3.90. The summed E-state index contributed by atoms with van der Waals surface area (Å²) in [7, 11) is 0. The third-order valence-electron chi connectivity index (χ3n) is 2.47. The van der Waals surface area contributed by atoms with Gasteiger partial charge in [-0.05, 0) is 28.7 Å². The lowest BCUT2D eigenvalue weighted by Gasteiger charge is -2.06. The highest BCUT2D eigenvalue weighted by Gasteiger charge is 2.02. The number of hydrogen-bond acceptors (Lipinski definition) is 2. The standard InChI is InChI=1S/C16H14OS/c17-12-11-16(13-14-7-3-1-4-8-14)18-15-9-5-2-6-10-15/h1-12H,13H2/b16-11-. The van der Waals surface area contributed by atoms with Crippen LogP contribution >= 0.6 is 11.8 Å². The number of hydrogen-bond donors (Lipinski definition) is 0. The first kappa shape index (κ1) is 12.7. The molecule has 2 heteroatoms. The maximum absolute atomic E-state index is 10.7. The second-order valence-corrected chi connectivity index (χ2v) is 5.05. The molecule has 0 spiro atoms. The maximum atomic E-state index is 10.7. The molecule has 18 heavy (non-hydrogen) atoms. The summed E-state index contributed by atoms with van der Waals surface area (Å²) in [5, 5.41) is 0. The van der Waals surface area contributed by atoms with E-state index in [1.807, 2.05) is 48.5 Å². The highest BCUT2D eigenvalue weighted by Crippen LogP contribution is 2.28. The van der Waals surface area contributed by atoms with E-state index in [9.17, 15) is 4.79 Å². The normalized spacial score (nSPS) is 11.2. The van der Waals surface area contributed by atoms with E-state index in [0.29, 0.717) is 0 Å². The summed E-state index contributed by atoms with van der Waals surface area (Å²) in [6.07, 6.45) is 3.29. The van der Waals surface area contributed by atoms with Crippen molar-refractivity contribution >= 4 is 18.0 Å². The van der Waals surface area contributed by atoms with Crippen molar-refractivity contribution in [2.24, 2.45) is 0 Å². The second-order valence-electron chi connectivity index (χ2n) is 3.85. The number of carbonyl (C=O) groups is 1. The molecule has 0 aliphatic heterocycles. The van der Waals surface area contributed by atoms with E-state index in [2.05, 4.69) is 12.1 Å². The van der Waals surface area contributed by atoms with Crippen molar-refractivity contribution in [1.82, 2.24) is 0 Å². The summed E-state index contributed by atoms with van der Waals surface area (Å²) in [5.41, 5.74) is 1.22. The van der Waals surface area contributed by atoms with Crippen LogP contribution in [0.2, 0.25) is 0 Å². The van der Waals surface area contributed by atoms with Gasteiger partial charge in [-0.2, -0.15) is 0 Å². The van der Waals surface area contributed by atoms with Crippen LogP contribution in [-0.4, -0.2) is 6.29 Å². The summed E-state index contributed by atoms with van der Waals surface area (Å²) in [6, 6.07) is 20.3. The van der Waals surface area contributed by atoms with E-state index in [1.54, 1.807) is 17.8 Å². The van der Waals surface area contributed by atoms with E-state index < -0.39 is 0 Å². The predicted molar refractivity (Wildman–Crippen MR) is 76.6 cm³/mol. The van der Waals surface area contributed by atoms with Gasteiger partial charge in [0.15, 0.2) is 0 Å². The summed E-state index contributed by atoms with van der Waals surface area (Å²) in [5.74, 6) is 0. The third-order valence-corrected chi connectivity index (χ3v) is 3.52. The van der Waals surface area contributed by atoms with Crippen molar-refractivity contribution in [2.45, 2.75) is 11.3 Å². The van der Waals surface area contributed by atoms with Gasteiger partial charge in [-0.3, -0.25) is 4.79 Å².